The normalized spacial score (nSPS) is 9.79. The van der Waals surface area contributed by atoms with Crippen molar-refractivity contribution in [3.63, 3.8) is 0 Å². The van der Waals surface area contributed by atoms with E-state index in [0.717, 1.165) is 0 Å². The Morgan fingerprint density at radius 1 is 1.64 bits per heavy atom. The second-order valence-corrected chi connectivity index (χ2v) is 3.77. The van der Waals surface area contributed by atoms with Gasteiger partial charge in [-0.05, 0) is 6.92 Å². The highest BCUT2D eigenvalue weighted by atomic mass is 32.1. The number of aryl methyl sites for hydroxylation is 1. The number of aromatic nitrogens is 1. The van der Waals surface area contributed by atoms with Crippen LogP contribution in [0.15, 0.2) is 0 Å². The summed E-state index contributed by atoms with van der Waals surface area (Å²) < 4.78 is 0. The Hall–Kier alpha value is -1.63. The fraction of sp³-hybridized carbons (Fsp3) is 0.286. The maximum atomic E-state index is 11.3. The van der Waals surface area contributed by atoms with Crippen molar-refractivity contribution in [3.05, 3.63) is 10.6 Å². The molecule has 1 rings (SSSR count). The molecule has 1 aromatic rings. The largest absolute Gasteiger partial charge is 0.480 e. The Morgan fingerprint density at radius 3 is 2.71 bits per heavy atom. The number of amides is 1. The molecule has 0 unspecified atom stereocenters. The van der Waals surface area contributed by atoms with Crippen molar-refractivity contribution >= 4 is 28.3 Å². The van der Waals surface area contributed by atoms with Gasteiger partial charge in [-0.15, -0.1) is 11.3 Å². The van der Waals surface area contributed by atoms with Crippen molar-refractivity contribution in [2.45, 2.75) is 6.92 Å². The summed E-state index contributed by atoms with van der Waals surface area (Å²) in [6.45, 7) is 1.28. The highest BCUT2D eigenvalue weighted by molar-refractivity contribution is 7.15. The van der Waals surface area contributed by atoms with Gasteiger partial charge in [0, 0.05) is 4.88 Å². The third-order valence-electron chi connectivity index (χ3n) is 1.43. The molecular formula is C7H9N3O3S. The van der Waals surface area contributed by atoms with Gasteiger partial charge >= 0.3 is 5.97 Å². The average Bonchev–Trinajstić information content (AvgIpc) is 2.41. The fourth-order valence-corrected chi connectivity index (χ4v) is 1.55. The van der Waals surface area contributed by atoms with Crippen LogP contribution in [0.3, 0.4) is 0 Å². The Bertz CT molecular complexity index is 374. The third-order valence-corrected chi connectivity index (χ3v) is 2.23. The fourth-order valence-electron chi connectivity index (χ4n) is 0.867. The van der Waals surface area contributed by atoms with E-state index in [1.807, 2.05) is 0 Å². The molecule has 0 radical (unpaired) electrons. The number of rotatable bonds is 3. The first kappa shape index (κ1) is 10.5. The molecule has 4 N–H and O–H groups in total. The molecule has 0 bridgehead atoms. The van der Waals surface area contributed by atoms with Crippen LogP contribution < -0.4 is 11.1 Å². The summed E-state index contributed by atoms with van der Waals surface area (Å²) in [7, 11) is 0. The number of hydrogen-bond donors (Lipinski definition) is 3. The van der Waals surface area contributed by atoms with Crippen LogP contribution in [0.1, 0.15) is 15.4 Å². The van der Waals surface area contributed by atoms with Gasteiger partial charge in [-0.2, -0.15) is 0 Å². The Kier molecular flexibility index (Phi) is 3.03. The predicted molar refractivity (Wildman–Crippen MR) is 51.2 cm³/mol. The lowest BCUT2D eigenvalue weighted by molar-refractivity contribution is -0.135. The number of nitrogens with zero attached hydrogens (tertiary/aromatic N) is 1. The van der Waals surface area contributed by atoms with Crippen LogP contribution in [0.2, 0.25) is 0 Å². The maximum absolute atomic E-state index is 11.3. The summed E-state index contributed by atoms with van der Waals surface area (Å²) >= 11 is 1.19. The van der Waals surface area contributed by atoms with E-state index >= 15 is 0 Å². The summed E-state index contributed by atoms with van der Waals surface area (Å²) in [5.41, 5.74) is 5.57. The molecule has 7 heteroatoms. The molecule has 0 aliphatic heterocycles. The zero-order chi connectivity index (χ0) is 10.7. The highest BCUT2D eigenvalue weighted by Gasteiger charge is 2.14. The number of thiazole rings is 1. The maximum Gasteiger partial charge on any atom is 0.322 e. The smallest absolute Gasteiger partial charge is 0.322 e. The molecule has 0 aliphatic rings. The first-order valence-electron chi connectivity index (χ1n) is 3.73. The summed E-state index contributed by atoms with van der Waals surface area (Å²) in [4.78, 5) is 25.9. The van der Waals surface area contributed by atoms with Crippen molar-refractivity contribution in [3.8, 4) is 0 Å². The summed E-state index contributed by atoms with van der Waals surface area (Å²) in [5, 5.41) is 10.8. The van der Waals surface area contributed by atoms with Crippen LogP contribution in [0, 0.1) is 6.92 Å². The molecule has 14 heavy (non-hydrogen) atoms. The molecule has 1 aromatic heterocycles. The Labute approximate surface area is 83.8 Å². The molecule has 6 nitrogen and oxygen atoms in total. The number of nitrogens with one attached hydrogen (secondary N) is 1. The molecule has 0 aromatic carbocycles. The molecule has 0 saturated heterocycles. The van der Waals surface area contributed by atoms with Gasteiger partial charge in [0.1, 0.15) is 12.2 Å². The minimum atomic E-state index is -1.10. The molecule has 1 heterocycles. The lowest BCUT2D eigenvalue weighted by Crippen LogP contribution is -2.29. The minimum Gasteiger partial charge on any atom is -0.480 e. The first-order chi connectivity index (χ1) is 6.50. The number of carboxylic acid groups (broad SMARTS) is 1. The average molecular weight is 215 g/mol. The van der Waals surface area contributed by atoms with Gasteiger partial charge in [0.15, 0.2) is 5.13 Å². The number of hydrogen-bond acceptors (Lipinski definition) is 5. The van der Waals surface area contributed by atoms with Gasteiger partial charge in [0.25, 0.3) is 5.91 Å². The van der Waals surface area contributed by atoms with Gasteiger partial charge < -0.3 is 16.2 Å². The van der Waals surface area contributed by atoms with E-state index in [9.17, 15) is 9.59 Å². The lowest BCUT2D eigenvalue weighted by atomic mass is 10.3. The van der Waals surface area contributed by atoms with Crippen LogP contribution >= 0.6 is 11.3 Å². The number of carbonyl (C=O) groups is 2. The molecule has 0 aliphatic carbocycles. The van der Waals surface area contributed by atoms with E-state index in [4.69, 9.17) is 10.8 Å². The van der Waals surface area contributed by atoms with E-state index in [0.29, 0.717) is 10.0 Å². The van der Waals surface area contributed by atoms with Crippen molar-refractivity contribution in [1.82, 2.24) is 10.3 Å². The van der Waals surface area contributed by atoms with E-state index in [1.165, 1.54) is 11.3 Å². The SMILES string of the molecule is Cc1sc(N)nc1C(=O)NCC(=O)O. The van der Waals surface area contributed by atoms with Crippen LogP contribution in [0.5, 0.6) is 0 Å². The zero-order valence-corrected chi connectivity index (χ0v) is 8.22. The van der Waals surface area contributed by atoms with E-state index in [-0.39, 0.29) is 5.69 Å². The quantitative estimate of drug-likeness (QED) is 0.650. The molecule has 0 fully saturated rings. The predicted octanol–water partition coefficient (Wildman–Crippen LogP) is -0.152. The van der Waals surface area contributed by atoms with Crippen molar-refractivity contribution in [1.29, 1.82) is 0 Å². The minimum absolute atomic E-state index is 0.189. The second-order valence-electron chi connectivity index (χ2n) is 2.53. The van der Waals surface area contributed by atoms with Crippen molar-refractivity contribution < 1.29 is 14.7 Å². The van der Waals surface area contributed by atoms with Gasteiger partial charge in [-0.3, -0.25) is 9.59 Å². The Morgan fingerprint density at radius 2 is 2.29 bits per heavy atom. The third kappa shape index (κ3) is 2.43. The van der Waals surface area contributed by atoms with Crippen LogP contribution in [-0.2, 0) is 4.79 Å². The molecular weight excluding hydrogens is 206 g/mol. The number of carbonyl (C=O) groups excluding carboxylic acids is 1. The lowest BCUT2D eigenvalue weighted by Gasteiger charge is -1.98. The van der Waals surface area contributed by atoms with Gasteiger partial charge in [-0.1, -0.05) is 0 Å². The second kappa shape index (κ2) is 4.05. The topological polar surface area (TPSA) is 105 Å². The zero-order valence-electron chi connectivity index (χ0n) is 7.40. The van der Waals surface area contributed by atoms with Crippen LogP contribution in [0.4, 0.5) is 5.13 Å². The van der Waals surface area contributed by atoms with Crippen molar-refractivity contribution in [2.75, 3.05) is 12.3 Å². The summed E-state index contributed by atoms with van der Waals surface area (Å²) in [6, 6.07) is 0. The van der Waals surface area contributed by atoms with E-state index in [1.54, 1.807) is 6.92 Å². The van der Waals surface area contributed by atoms with Crippen molar-refractivity contribution in [2.24, 2.45) is 0 Å². The number of nitrogens with two attached hydrogens (primary N) is 1. The van der Waals surface area contributed by atoms with Gasteiger partial charge in [0.05, 0.1) is 0 Å². The summed E-state index contributed by atoms with van der Waals surface area (Å²) in [6.07, 6.45) is 0. The monoisotopic (exact) mass is 215 g/mol. The first-order valence-corrected chi connectivity index (χ1v) is 4.55. The van der Waals surface area contributed by atoms with E-state index in [2.05, 4.69) is 10.3 Å². The number of aliphatic carboxylic acids is 1. The molecule has 76 valence electrons. The molecule has 1 amide bonds. The number of anilines is 1. The molecule has 0 spiro atoms. The number of carboxylic acids is 1. The summed E-state index contributed by atoms with van der Waals surface area (Å²) in [5.74, 6) is -1.61. The number of nitrogen functional groups attached to an aromatic ring is 1. The Balaban J connectivity index is 2.69. The van der Waals surface area contributed by atoms with Crippen LogP contribution in [0.25, 0.3) is 0 Å². The van der Waals surface area contributed by atoms with Gasteiger partial charge in [0.2, 0.25) is 0 Å². The molecule has 0 atom stereocenters. The van der Waals surface area contributed by atoms with Crippen LogP contribution in [-0.4, -0.2) is 28.5 Å². The van der Waals surface area contributed by atoms with Gasteiger partial charge in [-0.25, -0.2) is 4.98 Å². The standard InChI is InChI=1S/C7H9N3O3S/c1-3-5(10-7(8)14-3)6(13)9-2-4(11)12/h2H2,1H3,(H2,8,10)(H,9,13)(H,11,12). The van der Waals surface area contributed by atoms with E-state index < -0.39 is 18.4 Å². The highest BCUT2D eigenvalue weighted by Crippen LogP contribution is 2.18. The molecule has 0 saturated carbocycles.